The van der Waals surface area contributed by atoms with E-state index in [1.165, 1.54) is 12.1 Å². The first-order valence-corrected chi connectivity index (χ1v) is 6.74. The highest BCUT2D eigenvalue weighted by Crippen LogP contribution is 2.33. The van der Waals surface area contributed by atoms with Crippen LogP contribution >= 0.6 is 0 Å². The average molecular weight is 278 g/mol. The van der Waals surface area contributed by atoms with Gasteiger partial charge in [-0.15, -0.1) is 0 Å². The summed E-state index contributed by atoms with van der Waals surface area (Å²) in [6, 6.07) is 5.27. The maximum atomic E-state index is 11.7. The van der Waals surface area contributed by atoms with Crippen molar-refractivity contribution in [2.24, 2.45) is 0 Å². The fourth-order valence-electron chi connectivity index (χ4n) is 2.84. The van der Waals surface area contributed by atoms with Crippen molar-refractivity contribution >= 4 is 11.7 Å². The molecule has 1 fully saturated rings. The summed E-state index contributed by atoms with van der Waals surface area (Å²) in [7, 11) is 0. The van der Waals surface area contributed by atoms with Gasteiger partial charge in [-0.1, -0.05) is 18.6 Å². The third-order valence-electron chi connectivity index (χ3n) is 3.85. The van der Waals surface area contributed by atoms with E-state index in [1.54, 1.807) is 12.1 Å². The second-order valence-corrected chi connectivity index (χ2v) is 5.14. The number of carbonyl (C=O) groups is 1. The third kappa shape index (κ3) is 2.80. The first-order valence-electron chi connectivity index (χ1n) is 6.74. The predicted octanol–water partition coefficient (Wildman–Crippen LogP) is 2.59. The smallest absolute Gasteiger partial charge is 0.325 e. The van der Waals surface area contributed by atoms with Crippen molar-refractivity contribution in [2.45, 2.75) is 38.3 Å². The molecule has 0 radical (unpaired) electrons. The zero-order chi connectivity index (χ0) is 14.7. The number of nitrogens with zero attached hydrogens (tertiary/aromatic N) is 2. The number of likely N-dealkylation sites (tertiary alicyclic amines) is 1. The summed E-state index contributed by atoms with van der Waals surface area (Å²) in [6.45, 7) is 2.63. The van der Waals surface area contributed by atoms with E-state index in [9.17, 15) is 20.0 Å². The van der Waals surface area contributed by atoms with Crippen molar-refractivity contribution in [3.05, 3.63) is 39.9 Å². The minimum Gasteiger partial charge on any atom is -0.480 e. The molecule has 1 saturated heterocycles. The molecule has 0 amide bonds. The fraction of sp³-hybridized carbons (Fsp3) is 0.500. The number of hydrogen-bond acceptors (Lipinski definition) is 4. The highest BCUT2D eigenvalue weighted by atomic mass is 16.6. The van der Waals surface area contributed by atoms with Gasteiger partial charge in [0.1, 0.15) is 6.04 Å². The highest BCUT2D eigenvalue weighted by Gasteiger charge is 2.36. The molecule has 6 nitrogen and oxygen atoms in total. The Morgan fingerprint density at radius 1 is 1.45 bits per heavy atom. The number of benzene rings is 1. The van der Waals surface area contributed by atoms with Gasteiger partial charge in [0, 0.05) is 12.1 Å². The Morgan fingerprint density at radius 3 is 2.75 bits per heavy atom. The summed E-state index contributed by atoms with van der Waals surface area (Å²) < 4.78 is 0. The fourth-order valence-corrected chi connectivity index (χ4v) is 2.84. The van der Waals surface area contributed by atoms with Gasteiger partial charge < -0.3 is 5.11 Å². The van der Waals surface area contributed by atoms with E-state index in [0.29, 0.717) is 6.54 Å². The van der Waals surface area contributed by atoms with Crippen LogP contribution in [0.2, 0.25) is 0 Å². The molecule has 2 atom stereocenters. The van der Waals surface area contributed by atoms with Crippen LogP contribution in [0.3, 0.4) is 0 Å². The van der Waals surface area contributed by atoms with Gasteiger partial charge in [0.2, 0.25) is 0 Å². The Labute approximate surface area is 117 Å². The lowest BCUT2D eigenvalue weighted by Gasteiger charge is -2.37. The van der Waals surface area contributed by atoms with Crippen molar-refractivity contribution < 1.29 is 14.8 Å². The molecular formula is C14H18N2O4. The van der Waals surface area contributed by atoms with Crippen LogP contribution in [-0.4, -0.2) is 33.5 Å². The van der Waals surface area contributed by atoms with E-state index in [1.807, 2.05) is 11.8 Å². The van der Waals surface area contributed by atoms with Crippen LogP contribution in [0.15, 0.2) is 24.3 Å². The molecule has 0 bridgehead atoms. The first-order chi connectivity index (χ1) is 9.52. The van der Waals surface area contributed by atoms with E-state index in [4.69, 9.17) is 0 Å². The molecule has 1 aliphatic heterocycles. The van der Waals surface area contributed by atoms with E-state index >= 15 is 0 Å². The minimum absolute atomic E-state index is 0.115. The average Bonchev–Trinajstić information content (AvgIpc) is 2.41. The van der Waals surface area contributed by atoms with Gasteiger partial charge in [-0.3, -0.25) is 19.8 Å². The Hall–Kier alpha value is -1.95. The molecule has 20 heavy (non-hydrogen) atoms. The lowest BCUT2D eigenvalue weighted by molar-refractivity contribution is -0.386. The molecule has 1 heterocycles. The van der Waals surface area contributed by atoms with Crippen molar-refractivity contribution in [1.29, 1.82) is 0 Å². The summed E-state index contributed by atoms with van der Waals surface area (Å²) in [5.41, 5.74) is 0.136. The molecule has 0 aromatic heterocycles. The largest absolute Gasteiger partial charge is 0.480 e. The number of nitro benzene ring substituents is 1. The van der Waals surface area contributed by atoms with Gasteiger partial charge in [-0.25, -0.2) is 0 Å². The lowest BCUT2D eigenvalue weighted by Crippen LogP contribution is -2.43. The van der Waals surface area contributed by atoms with Crippen LogP contribution in [0.5, 0.6) is 0 Å². The van der Waals surface area contributed by atoms with Gasteiger partial charge >= 0.3 is 5.97 Å². The molecule has 1 aromatic carbocycles. The van der Waals surface area contributed by atoms with Crippen LogP contribution < -0.4 is 0 Å². The quantitative estimate of drug-likeness (QED) is 0.676. The van der Waals surface area contributed by atoms with Crippen LogP contribution in [0, 0.1) is 10.1 Å². The van der Waals surface area contributed by atoms with Gasteiger partial charge in [0.25, 0.3) is 5.69 Å². The predicted molar refractivity (Wildman–Crippen MR) is 73.5 cm³/mol. The molecule has 0 saturated carbocycles. The molecule has 0 aliphatic carbocycles. The van der Waals surface area contributed by atoms with Crippen LogP contribution in [0.4, 0.5) is 5.69 Å². The van der Waals surface area contributed by atoms with Crippen molar-refractivity contribution in [2.75, 3.05) is 6.54 Å². The van der Waals surface area contributed by atoms with Crippen LogP contribution in [0.1, 0.15) is 37.8 Å². The SMILES string of the molecule is CC1CCCCN1C(C(=O)O)c1ccccc1[N+](=O)[O-]. The number of para-hydroxylation sites is 1. The first kappa shape index (κ1) is 14.5. The maximum absolute atomic E-state index is 11.7. The Balaban J connectivity index is 2.43. The van der Waals surface area contributed by atoms with Crippen molar-refractivity contribution in [1.82, 2.24) is 4.90 Å². The standard InChI is InChI=1S/C14H18N2O4/c1-10-6-4-5-9-15(10)13(14(17)18)11-7-2-3-8-12(11)16(19)20/h2-3,7-8,10,13H,4-6,9H2,1H3,(H,17,18). The third-order valence-corrected chi connectivity index (χ3v) is 3.85. The zero-order valence-electron chi connectivity index (χ0n) is 11.4. The lowest BCUT2D eigenvalue weighted by atomic mass is 9.96. The monoisotopic (exact) mass is 278 g/mol. The molecule has 108 valence electrons. The zero-order valence-corrected chi connectivity index (χ0v) is 11.4. The summed E-state index contributed by atoms with van der Waals surface area (Å²) in [6.07, 6.45) is 2.92. The van der Waals surface area contributed by atoms with E-state index < -0.39 is 16.9 Å². The molecule has 1 aliphatic rings. The van der Waals surface area contributed by atoms with E-state index in [-0.39, 0.29) is 17.3 Å². The summed E-state index contributed by atoms with van der Waals surface area (Å²) in [4.78, 5) is 24.1. The Bertz CT molecular complexity index is 518. The summed E-state index contributed by atoms with van der Waals surface area (Å²) in [5, 5.41) is 20.6. The molecular weight excluding hydrogens is 260 g/mol. The number of nitro groups is 1. The number of piperidine rings is 1. The number of carboxylic acids is 1. The van der Waals surface area contributed by atoms with Crippen LogP contribution in [0.25, 0.3) is 0 Å². The van der Waals surface area contributed by atoms with E-state index in [0.717, 1.165) is 19.3 Å². The number of aliphatic carboxylic acids is 1. The number of carboxylic acid groups (broad SMARTS) is 1. The maximum Gasteiger partial charge on any atom is 0.325 e. The summed E-state index contributed by atoms with van der Waals surface area (Å²) in [5.74, 6) is -1.03. The normalized spacial score (nSPS) is 21.4. The molecule has 2 rings (SSSR count). The Kier molecular flexibility index (Phi) is 4.34. The molecule has 1 aromatic rings. The molecule has 0 spiro atoms. The van der Waals surface area contributed by atoms with Crippen LogP contribution in [-0.2, 0) is 4.79 Å². The Morgan fingerprint density at radius 2 is 2.15 bits per heavy atom. The minimum atomic E-state index is -1.03. The van der Waals surface area contributed by atoms with Gasteiger partial charge in [0.15, 0.2) is 0 Å². The van der Waals surface area contributed by atoms with Gasteiger partial charge in [0.05, 0.1) is 10.5 Å². The number of rotatable bonds is 4. The van der Waals surface area contributed by atoms with Gasteiger partial charge in [-0.2, -0.15) is 0 Å². The second kappa shape index (κ2) is 6.00. The summed E-state index contributed by atoms with van der Waals surface area (Å²) >= 11 is 0. The molecule has 1 N–H and O–H groups in total. The number of hydrogen-bond donors (Lipinski definition) is 1. The highest BCUT2D eigenvalue weighted by molar-refractivity contribution is 5.77. The topological polar surface area (TPSA) is 83.7 Å². The van der Waals surface area contributed by atoms with E-state index in [2.05, 4.69) is 0 Å². The van der Waals surface area contributed by atoms with Crippen molar-refractivity contribution in [3.8, 4) is 0 Å². The van der Waals surface area contributed by atoms with Gasteiger partial charge in [-0.05, 0) is 32.4 Å². The van der Waals surface area contributed by atoms with Crippen molar-refractivity contribution in [3.63, 3.8) is 0 Å². The second-order valence-electron chi connectivity index (χ2n) is 5.14. The molecule has 6 heteroatoms. The molecule has 2 unspecified atom stereocenters.